The first-order chi connectivity index (χ1) is 26.7. The minimum Gasteiger partial charge on any atom is -0.486 e. The lowest BCUT2D eigenvalue weighted by Crippen LogP contribution is -2.65. The highest BCUT2D eigenvalue weighted by Crippen LogP contribution is 2.65. The monoisotopic (exact) mass is 792 g/mol. The van der Waals surface area contributed by atoms with E-state index in [0.29, 0.717) is 30.1 Å². The molecule has 7 rings (SSSR count). The third-order valence-corrected chi connectivity index (χ3v) is 11.5. The number of ether oxygens (including phenoxy) is 5. The average molecular weight is 793 g/mol. The standard InChI is InChI=1S/C42H57BN2O12/c1-39(2,3)54-36(48)33-30(52-28-21-45(22-28)35(47)29(23-46)44-37(49)51-24-25-13-11-10-12-14-25)16-15-26(34(33)53-38(50)55-40(4,5)6)17-18-43-56-32-20-27-19-31(41(27,7)8)42(32,9)57-43/h10-16,27-29,31-32,46H,17-24H2,1-9H3,(H,44,49)/t27-,29?,31-,32+,42-/m0/s1. The maximum Gasteiger partial charge on any atom is 0.514 e. The predicted molar refractivity (Wildman–Crippen MR) is 209 cm³/mol. The topological polar surface area (TPSA) is 168 Å². The number of carbonyl (C=O) groups is 4. The highest BCUT2D eigenvalue weighted by molar-refractivity contribution is 6.45. The van der Waals surface area contributed by atoms with E-state index in [-0.39, 0.29) is 48.3 Å². The van der Waals surface area contributed by atoms with Crippen LogP contribution in [0.1, 0.15) is 96.6 Å². The third kappa shape index (κ3) is 9.53. The SMILES string of the molecule is CC(C)(C)OC(=O)Oc1c(CCB2O[C@@H]3C[C@@H]4C[C@@H](C4(C)C)[C@]3(C)O2)ccc(OC2CN(C(=O)C(CO)NC(=O)OCc3ccccc3)C2)c1C(=O)OC(C)(C)C. The second-order valence-corrected chi connectivity index (χ2v) is 18.4. The number of hydrogen-bond donors (Lipinski definition) is 2. The van der Waals surface area contributed by atoms with Gasteiger partial charge in [0.05, 0.1) is 31.4 Å². The fourth-order valence-corrected chi connectivity index (χ4v) is 8.43. The summed E-state index contributed by atoms with van der Waals surface area (Å²) in [5.74, 6) is -0.298. The van der Waals surface area contributed by atoms with Crippen molar-refractivity contribution in [1.29, 1.82) is 0 Å². The van der Waals surface area contributed by atoms with Crippen LogP contribution in [0.3, 0.4) is 0 Å². The van der Waals surface area contributed by atoms with E-state index < -0.39 is 66.8 Å². The van der Waals surface area contributed by atoms with Crippen LogP contribution in [0.25, 0.3) is 0 Å². The van der Waals surface area contributed by atoms with Crippen LogP contribution in [0.5, 0.6) is 11.5 Å². The van der Waals surface area contributed by atoms with Crippen molar-refractivity contribution in [1.82, 2.24) is 10.2 Å². The van der Waals surface area contributed by atoms with Gasteiger partial charge < -0.3 is 48.3 Å². The van der Waals surface area contributed by atoms with Crippen LogP contribution in [-0.2, 0) is 41.3 Å². The second kappa shape index (κ2) is 16.1. The summed E-state index contributed by atoms with van der Waals surface area (Å²) in [6.07, 6.45) is 0.385. The van der Waals surface area contributed by atoms with E-state index in [1.165, 1.54) is 4.90 Å². The molecule has 2 saturated heterocycles. The molecule has 310 valence electrons. The minimum atomic E-state index is -1.24. The van der Waals surface area contributed by atoms with Crippen molar-refractivity contribution >= 4 is 31.2 Å². The van der Waals surface area contributed by atoms with Crippen molar-refractivity contribution in [3.8, 4) is 11.5 Å². The summed E-state index contributed by atoms with van der Waals surface area (Å²) in [4.78, 5) is 54.3. The first kappa shape index (κ1) is 42.3. The van der Waals surface area contributed by atoms with Crippen molar-refractivity contribution in [3.63, 3.8) is 0 Å². The Kier molecular flexibility index (Phi) is 12.0. The number of aliphatic hydroxyl groups is 1. The normalized spacial score (nSPS) is 24.3. The molecule has 0 spiro atoms. The minimum absolute atomic E-state index is 0.00161. The lowest BCUT2D eigenvalue weighted by atomic mass is 9.43. The van der Waals surface area contributed by atoms with Gasteiger partial charge in [0.1, 0.15) is 41.3 Å². The summed E-state index contributed by atoms with van der Waals surface area (Å²) in [7, 11) is -0.494. The molecule has 0 radical (unpaired) electrons. The highest BCUT2D eigenvalue weighted by Gasteiger charge is 2.67. The van der Waals surface area contributed by atoms with E-state index in [2.05, 4.69) is 26.1 Å². The van der Waals surface area contributed by atoms with Crippen LogP contribution in [0.4, 0.5) is 9.59 Å². The molecule has 2 aliphatic heterocycles. The van der Waals surface area contributed by atoms with Gasteiger partial charge in [-0.05, 0) is 108 Å². The number of benzene rings is 2. The Labute approximate surface area is 335 Å². The number of amides is 2. The summed E-state index contributed by atoms with van der Waals surface area (Å²) in [5.41, 5.74) is -0.814. The van der Waals surface area contributed by atoms with Crippen LogP contribution in [0.15, 0.2) is 42.5 Å². The molecule has 2 bridgehead atoms. The molecule has 57 heavy (non-hydrogen) atoms. The zero-order chi connectivity index (χ0) is 41.5. The summed E-state index contributed by atoms with van der Waals surface area (Å²) in [5, 5.41) is 12.4. The number of alkyl carbamates (subject to hydrolysis) is 1. The predicted octanol–water partition coefficient (Wildman–Crippen LogP) is 6.10. The molecular formula is C42H57BN2O12. The lowest BCUT2D eigenvalue weighted by molar-refractivity contribution is -0.199. The van der Waals surface area contributed by atoms with Gasteiger partial charge in [-0.15, -0.1) is 0 Å². The van der Waals surface area contributed by atoms with E-state index in [1.54, 1.807) is 65.8 Å². The van der Waals surface area contributed by atoms with Crippen LogP contribution in [0, 0.1) is 17.3 Å². The number of rotatable bonds is 12. The first-order valence-corrected chi connectivity index (χ1v) is 19.8. The van der Waals surface area contributed by atoms with E-state index in [1.807, 2.05) is 18.2 Å². The van der Waals surface area contributed by atoms with Crippen LogP contribution in [-0.4, -0.2) is 96.0 Å². The molecule has 3 aliphatic carbocycles. The molecule has 2 aromatic rings. The molecule has 15 heteroatoms. The Morgan fingerprint density at radius 1 is 0.965 bits per heavy atom. The van der Waals surface area contributed by atoms with Gasteiger partial charge in [-0.25, -0.2) is 14.4 Å². The maximum atomic E-state index is 14.0. The Balaban J connectivity index is 1.18. The van der Waals surface area contributed by atoms with Gasteiger partial charge in [0.15, 0.2) is 5.75 Å². The van der Waals surface area contributed by atoms with Crippen molar-refractivity contribution in [2.75, 3.05) is 19.7 Å². The molecule has 2 heterocycles. The van der Waals surface area contributed by atoms with Crippen LogP contribution in [0.2, 0.25) is 6.32 Å². The van der Waals surface area contributed by atoms with E-state index >= 15 is 0 Å². The van der Waals surface area contributed by atoms with Gasteiger partial charge >= 0.3 is 25.3 Å². The first-order valence-electron chi connectivity index (χ1n) is 19.8. The number of aliphatic hydroxyl groups excluding tert-OH is 1. The summed E-state index contributed by atoms with van der Waals surface area (Å²) in [6, 6.07) is 11.2. The molecule has 5 fully saturated rings. The number of esters is 1. The van der Waals surface area contributed by atoms with Crippen molar-refractivity contribution in [3.05, 3.63) is 59.2 Å². The van der Waals surface area contributed by atoms with Gasteiger partial charge in [-0.2, -0.15) is 0 Å². The molecule has 2 N–H and O–H groups in total. The zero-order valence-electron chi connectivity index (χ0n) is 34.5. The van der Waals surface area contributed by atoms with Crippen molar-refractivity contribution in [2.45, 2.75) is 130 Å². The van der Waals surface area contributed by atoms with Crippen LogP contribution >= 0.6 is 0 Å². The van der Waals surface area contributed by atoms with Gasteiger partial charge in [0, 0.05) is 0 Å². The molecule has 5 aliphatic rings. The number of likely N-dealkylation sites (tertiary alicyclic amines) is 1. The van der Waals surface area contributed by atoms with Crippen molar-refractivity contribution < 1.29 is 57.3 Å². The van der Waals surface area contributed by atoms with Crippen molar-refractivity contribution in [2.24, 2.45) is 17.3 Å². The zero-order valence-corrected chi connectivity index (χ0v) is 34.5. The smallest absolute Gasteiger partial charge is 0.486 e. The van der Waals surface area contributed by atoms with Gasteiger partial charge in [-0.3, -0.25) is 4.79 Å². The molecule has 5 atom stereocenters. The van der Waals surface area contributed by atoms with Crippen LogP contribution < -0.4 is 14.8 Å². The molecule has 2 amide bonds. The largest absolute Gasteiger partial charge is 0.514 e. The Hall–Kier alpha value is -4.34. The number of aryl methyl sites for hydroxylation is 1. The van der Waals surface area contributed by atoms with E-state index in [4.69, 9.17) is 33.0 Å². The Bertz CT molecular complexity index is 1820. The number of carbonyl (C=O) groups excluding carboxylic acids is 4. The molecule has 1 unspecified atom stereocenters. The third-order valence-electron chi connectivity index (χ3n) is 11.5. The van der Waals surface area contributed by atoms with E-state index in [0.717, 1.165) is 18.4 Å². The Morgan fingerprint density at radius 2 is 1.65 bits per heavy atom. The molecule has 2 aromatic carbocycles. The fraction of sp³-hybridized carbons (Fsp3) is 0.619. The molecular weight excluding hydrogens is 735 g/mol. The second-order valence-electron chi connectivity index (χ2n) is 18.4. The van der Waals surface area contributed by atoms with Gasteiger partial charge in [0.2, 0.25) is 5.91 Å². The number of hydrogen-bond acceptors (Lipinski definition) is 12. The maximum absolute atomic E-state index is 14.0. The van der Waals surface area contributed by atoms with Gasteiger partial charge in [-0.1, -0.05) is 50.2 Å². The molecule has 14 nitrogen and oxygen atoms in total. The fourth-order valence-electron chi connectivity index (χ4n) is 8.43. The highest BCUT2D eigenvalue weighted by atomic mass is 16.7. The number of nitrogens with zero attached hydrogens (tertiary/aromatic N) is 1. The lowest BCUT2D eigenvalue weighted by Gasteiger charge is -2.64. The quantitative estimate of drug-likeness (QED) is 0.110. The molecule has 0 aromatic heterocycles. The summed E-state index contributed by atoms with van der Waals surface area (Å²) in [6.45, 7) is 16.6. The summed E-state index contributed by atoms with van der Waals surface area (Å²) < 4.78 is 41.8. The Morgan fingerprint density at radius 3 is 2.28 bits per heavy atom. The summed E-state index contributed by atoms with van der Waals surface area (Å²) >= 11 is 0. The molecule has 3 saturated carbocycles. The number of nitrogens with one attached hydrogen (secondary N) is 1. The van der Waals surface area contributed by atoms with E-state index in [9.17, 15) is 24.3 Å². The van der Waals surface area contributed by atoms with Gasteiger partial charge in [0.25, 0.3) is 0 Å². The average Bonchev–Trinajstić information content (AvgIpc) is 3.45.